The first-order valence-electron chi connectivity index (χ1n) is 8.85. The van der Waals surface area contributed by atoms with Gasteiger partial charge in [0.1, 0.15) is 0 Å². The Kier molecular flexibility index (Phi) is 3.44. The molecule has 1 fully saturated rings. The average molecular weight is 365 g/mol. The Morgan fingerprint density at radius 3 is 2.54 bits per heavy atom. The van der Waals surface area contributed by atoms with Gasteiger partial charge in [-0.3, -0.25) is 14.9 Å². The average Bonchev–Trinajstić information content (AvgIpc) is 3.14. The summed E-state index contributed by atoms with van der Waals surface area (Å²) in [5, 5.41) is 4.10. The highest BCUT2D eigenvalue weighted by molar-refractivity contribution is 6.32. The van der Waals surface area contributed by atoms with E-state index in [1.54, 1.807) is 6.07 Å². The van der Waals surface area contributed by atoms with Gasteiger partial charge in [0, 0.05) is 23.2 Å². The van der Waals surface area contributed by atoms with E-state index >= 15 is 0 Å². The van der Waals surface area contributed by atoms with Crippen LogP contribution in [-0.2, 0) is 22.6 Å². The lowest BCUT2D eigenvalue weighted by Crippen LogP contribution is -2.21. The summed E-state index contributed by atoms with van der Waals surface area (Å²) >= 11 is 6.36. The first-order chi connectivity index (χ1) is 12.6. The fourth-order valence-corrected chi connectivity index (χ4v) is 4.73. The Balaban J connectivity index is 1.73. The van der Waals surface area contributed by atoms with Gasteiger partial charge in [-0.2, -0.15) is 0 Å². The third-order valence-corrected chi connectivity index (χ3v) is 5.92. The number of rotatable bonds is 2. The van der Waals surface area contributed by atoms with Gasteiger partial charge < -0.3 is 4.57 Å². The maximum atomic E-state index is 12.7. The van der Waals surface area contributed by atoms with Crippen LogP contribution < -0.4 is 5.32 Å². The number of para-hydroxylation sites is 1. The van der Waals surface area contributed by atoms with Crippen LogP contribution in [-0.4, -0.2) is 16.4 Å². The van der Waals surface area contributed by atoms with Crippen LogP contribution in [0.5, 0.6) is 0 Å². The number of halogens is 1. The zero-order chi connectivity index (χ0) is 17.8. The molecule has 0 unspecified atom stereocenters. The molecule has 1 N–H and O–H groups in total. The third kappa shape index (κ3) is 2.15. The molecule has 5 heteroatoms. The molecule has 26 heavy (non-hydrogen) atoms. The van der Waals surface area contributed by atoms with E-state index in [9.17, 15) is 9.59 Å². The number of aryl methyl sites for hydroxylation is 2. The zero-order valence-electron chi connectivity index (χ0n) is 14.0. The second-order valence-corrected chi connectivity index (χ2v) is 7.43. The quantitative estimate of drug-likeness (QED) is 0.704. The molecule has 2 aliphatic rings. The molecule has 2 atom stereocenters. The highest BCUT2D eigenvalue weighted by Crippen LogP contribution is 2.44. The highest BCUT2D eigenvalue weighted by Gasteiger charge is 2.45. The maximum absolute atomic E-state index is 12.7. The SMILES string of the molecule is O=C1NC(=O)[C@@H](c2cn3c4c(cccc24)CCC3)[C@@H]1c1ccccc1Cl. The van der Waals surface area contributed by atoms with Crippen molar-refractivity contribution in [2.24, 2.45) is 0 Å². The predicted molar refractivity (Wildman–Crippen MR) is 100 cm³/mol. The van der Waals surface area contributed by atoms with Crippen molar-refractivity contribution in [3.05, 3.63) is 70.4 Å². The van der Waals surface area contributed by atoms with E-state index in [-0.39, 0.29) is 11.8 Å². The third-order valence-electron chi connectivity index (χ3n) is 5.58. The lowest BCUT2D eigenvalue weighted by atomic mass is 9.83. The second-order valence-electron chi connectivity index (χ2n) is 7.03. The standard InChI is InChI=1S/C21H17ClN2O2/c22-16-9-2-1-7-14(16)17-18(21(26)23-20(17)25)15-11-24-10-4-6-12-5-3-8-13(15)19(12)24/h1-3,5,7-9,11,17-18H,4,6,10H2,(H,23,25,26)/t17-,18-/m0/s1. The van der Waals surface area contributed by atoms with Gasteiger partial charge >= 0.3 is 0 Å². The summed E-state index contributed by atoms with van der Waals surface area (Å²) in [5.74, 6) is -1.68. The first-order valence-corrected chi connectivity index (χ1v) is 9.22. The molecule has 0 saturated carbocycles. The molecular weight excluding hydrogens is 348 g/mol. The summed E-state index contributed by atoms with van der Waals surface area (Å²) in [5.41, 5.74) is 4.12. The van der Waals surface area contributed by atoms with E-state index in [0.29, 0.717) is 10.6 Å². The molecule has 1 saturated heterocycles. The smallest absolute Gasteiger partial charge is 0.235 e. The molecule has 1 aromatic heterocycles. The molecule has 0 bridgehead atoms. The van der Waals surface area contributed by atoms with Gasteiger partial charge in [0.25, 0.3) is 0 Å². The summed E-state index contributed by atoms with van der Waals surface area (Å²) < 4.78 is 2.23. The van der Waals surface area contributed by atoms with Gasteiger partial charge in [-0.25, -0.2) is 0 Å². The Morgan fingerprint density at radius 1 is 0.962 bits per heavy atom. The highest BCUT2D eigenvalue weighted by atomic mass is 35.5. The summed E-state index contributed by atoms with van der Waals surface area (Å²) in [7, 11) is 0. The van der Waals surface area contributed by atoms with Crippen LogP contribution in [0.1, 0.15) is 34.9 Å². The number of imide groups is 1. The van der Waals surface area contributed by atoms with Crippen LogP contribution in [0.3, 0.4) is 0 Å². The molecular formula is C21H17ClN2O2. The predicted octanol–water partition coefficient (Wildman–Crippen LogP) is 3.76. The number of carbonyl (C=O) groups is 2. The number of aromatic nitrogens is 1. The molecule has 2 amide bonds. The van der Waals surface area contributed by atoms with Crippen LogP contribution in [0.25, 0.3) is 10.9 Å². The van der Waals surface area contributed by atoms with E-state index in [4.69, 9.17) is 11.6 Å². The van der Waals surface area contributed by atoms with Gasteiger partial charge in [-0.15, -0.1) is 0 Å². The molecule has 5 rings (SSSR count). The van der Waals surface area contributed by atoms with Crippen molar-refractivity contribution in [3.63, 3.8) is 0 Å². The van der Waals surface area contributed by atoms with Crippen molar-refractivity contribution in [2.75, 3.05) is 0 Å². The molecule has 2 aliphatic heterocycles. The summed E-state index contributed by atoms with van der Waals surface area (Å²) in [6.45, 7) is 0.937. The van der Waals surface area contributed by atoms with Gasteiger partial charge in [0.05, 0.1) is 17.4 Å². The fraction of sp³-hybridized carbons (Fsp3) is 0.238. The molecule has 3 heterocycles. The molecule has 0 radical (unpaired) electrons. The van der Waals surface area contributed by atoms with Crippen LogP contribution in [0, 0.1) is 0 Å². The number of hydrogen-bond donors (Lipinski definition) is 1. The number of hydrogen-bond acceptors (Lipinski definition) is 2. The van der Waals surface area contributed by atoms with Crippen molar-refractivity contribution in [1.29, 1.82) is 0 Å². The summed E-state index contributed by atoms with van der Waals surface area (Å²) in [6.07, 6.45) is 4.19. The lowest BCUT2D eigenvalue weighted by Gasteiger charge is -2.16. The van der Waals surface area contributed by atoms with Gasteiger partial charge in [-0.1, -0.05) is 48.0 Å². The maximum Gasteiger partial charge on any atom is 0.235 e. The molecule has 4 nitrogen and oxygen atoms in total. The Hall–Kier alpha value is -2.59. The minimum absolute atomic E-state index is 0.247. The minimum Gasteiger partial charge on any atom is -0.347 e. The Morgan fingerprint density at radius 2 is 1.73 bits per heavy atom. The molecule has 3 aromatic rings. The van der Waals surface area contributed by atoms with E-state index in [2.05, 4.69) is 28.2 Å². The van der Waals surface area contributed by atoms with Gasteiger partial charge in [-0.05, 0) is 35.6 Å². The van der Waals surface area contributed by atoms with Gasteiger partial charge in [0.15, 0.2) is 0 Å². The van der Waals surface area contributed by atoms with E-state index in [1.807, 2.05) is 24.3 Å². The number of benzene rings is 2. The Labute approximate surface area is 155 Å². The minimum atomic E-state index is -0.598. The van der Waals surface area contributed by atoms with Crippen molar-refractivity contribution in [3.8, 4) is 0 Å². The Bertz CT molecular complexity index is 1070. The van der Waals surface area contributed by atoms with Crippen molar-refractivity contribution in [2.45, 2.75) is 31.2 Å². The van der Waals surface area contributed by atoms with E-state index in [1.165, 1.54) is 11.1 Å². The van der Waals surface area contributed by atoms with Crippen molar-refractivity contribution in [1.82, 2.24) is 9.88 Å². The van der Waals surface area contributed by atoms with Crippen LogP contribution in [0.4, 0.5) is 0 Å². The monoisotopic (exact) mass is 364 g/mol. The van der Waals surface area contributed by atoms with Gasteiger partial charge in [0.2, 0.25) is 11.8 Å². The molecule has 2 aromatic carbocycles. The number of nitrogens with one attached hydrogen (secondary N) is 1. The summed E-state index contributed by atoms with van der Waals surface area (Å²) in [4.78, 5) is 25.4. The largest absolute Gasteiger partial charge is 0.347 e. The number of amides is 2. The van der Waals surface area contributed by atoms with Crippen LogP contribution in [0.15, 0.2) is 48.7 Å². The van der Waals surface area contributed by atoms with Crippen molar-refractivity contribution >= 4 is 34.3 Å². The topological polar surface area (TPSA) is 51.1 Å². The second kappa shape index (κ2) is 5.71. The number of nitrogens with zero attached hydrogens (tertiary/aromatic N) is 1. The molecule has 130 valence electrons. The van der Waals surface area contributed by atoms with E-state index in [0.717, 1.165) is 30.3 Å². The fourth-order valence-electron chi connectivity index (χ4n) is 4.48. The zero-order valence-corrected chi connectivity index (χ0v) is 14.8. The normalized spacial score (nSPS) is 22.0. The van der Waals surface area contributed by atoms with Crippen LogP contribution >= 0.6 is 11.6 Å². The number of carbonyl (C=O) groups excluding carboxylic acids is 2. The lowest BCUT2D eigenvalue weighted by molar-refractivity contribution is -0.125. The first kappa shape index (κ1) is 15.6. The van der Waals surface area contributed by atoms with Crippen molar-refractivity contribution < 1.29 is 9.59 Å². The van der Waals surface area contributed by atoms with Crippen LogP contribution in [0.2, 0.25) is 5.02 Å². The molecule has 0 aliphatic carbocycles. The van der Waals surface area contributed by atoms with E-state index < -0.39 is 11.8 Å². The molecule has 0 spiro atoms. The summed E-state index contributed by atoms with van der Waals surface area (Å²) in [6, 6.07) is 13.5.